The third-order valence-corrected chi connectivity index (χ3v) is 2.34. The lowest BCUT2D eigenvalue weighted by atomic mass is 10.2. The molecule has 5 nitrogen and oxygen atoms in total. The van der Waals surface area contributed by atoms with Gasteiger partial charge in [0, 0.05) is 11.8 Å². The van der Waals surface area contributed by atoms with Crippen molar-refractivity contribution in [1.29, 1.82) is 0 Å². The molecule has 17 heavy (non-hydrogen) atoms. The number of rotatable bonds is 3. The monoisotopic (exact) mass is 234 g/mol. The van der Waals surface area contributed by atoms with Crippen LogP contribution in [-0.2, 0) is 6.42 Å². The summed E-state index contributed by atoms with van der Waals surface area (Å²) in [4.78, 5) is 15.2. The lowest BCUT2D eigenvalue weighted by molar-refractivity contribution is 0.102. The molecule has 0 aromatic carbocycles. The van der Waals surface area contributed by atoms with E-state index in [1.54, 1.807) is 6.20 Å². The summed E-state index contributed by atoms with van der Waals surface area (Å²) in [7, 11) is 0. The molecule has 0 atom stereocenters. The lowest BCUT2D eigenvalue weighted by Crippen LogP contribution is -2.15. The number of aromatic amines is 1. The van der Waals surface area contributed by atoms with Gasteiger partial charge in [-0.2, -0.15) is 9.49 Å². The highest BCUT2D eigenvalue weighted by molar-refractivity contribution is 6.04. The van der Waals surface area contributed by atoms with Gasteiger partial charge in [-0.25, -0.2) is 4.98 Å². The average molecular weight is 234 g/mol. The number of carbonyl (C=O) groups is 1. The zero-order valence-electron chi connectivity index (χ0n) is 9.20. The number of aryl methyl sites for hydroxylation is 1. The number of H-pyrrole nitrogens is 1. The maximum absolute atomic E-state index is 13.3. The molecule has 0 spiro atoms. The number of nitrogens with zero attached hydrogens (tertiary/aromatic N) is 2. The number of nitrogens with one attached hydrogen (secondary N) is 2. The van der Waals surface area contributed by atoms with Crippen LogP contribution in [0.25, 0.3) is 0 Å². The molecule has 2 rings (SSSR count). The van der Waals surface area contributed by atoms with Crippen molar-refractivity contribution in [2.45, 2.75) is 13.3 Å². The second-order valence-corrected chi connectivity index (χ2v) is 3.42. The standard InChI is InChI=1S/C11H11FN4O/c1-2-7-6-14-16-10(7)15-11(17)8-4-3-5-13-9(8)12/h3-6H,2H2,1H3,(H2,14,15,16,17). The minimum absolute atomic E-state index is 0.0934. The Morgan fingerprint density at radius 2 is 2.41 bits per heavy atom. The van der Waals surface area contributed by atoms with Gasteiger partial charge < -0.3 is 5.32 Å². The molecular weight excluding hydrogens is 223 g/mol. The molecule has 0 radical (unpaired) electrons. The van der Waals surface area contributed by atoms with E-state index in [9.17, 15) is 9.18 Å². The first-order valence-electron chi connectivity index (χ1n) is 5.16. The van der Waals surface area contributed by atoms with Crippen molar-refractivity contribution >= 4 is 11.7 Å². The van der Waals surface area contributed by atoms with Gasteiger partial charge >= 0.3 is 0 Å². The molecule has 0 aliphatic rings. The van der Waals surface area contributed by atoms with Crippen LogP contribution < -0.4 is 5.32 Å². The number of anilines is 1. The Hall–Kier alpha value is -2.24. The fraction of sp³-hybridized carbons (Fsp3) is 0.182. The van der Waals surface area contributed by atoms with E-state index in [-0.39, 0.29) is 5.56 Å². The first-order valence-corrected chi connectivity index (χ1v) is 5.16. The molecule has 0 fully saturated rings. The smallest absolute Gasteiger partial charge is 0.261 e. The third kappa shape index (κ3) is 2.30. The van der Waals surface area contributed by atoms with Crippen molar-refractivity contribution in [3.05, 3.63) is 41.6 Å². The Morgan fingerprint density at radius 3 is 3.12 bits per heavy atom. The van der Waals surface area contributed by atoms with Gasteiger partial charge in [0.15, 0.2) is 0 Å². The van der Waals surface area contributed by atoms with E-state index in [0.29, 0.717) is 5.82 Å². The van der Waals surface area contributed by atoms with Gasteiger partial charge in [-0.1, -0.05) is 6.92 Å². The van der Waals surface area contributed by atoms with Crippen LogP contribution >= 0.6 is 0 Å². The Labute approximate surface area is 97.1 Å². The number of pyridine rings is 1. The Morgan fingerprint density at radius 1 is 1.59 bits per heavy atom. The van der Waals surface area contributed by atoms with Crippen LogP contribution in [0.15, 0.2) is 24.5 Å². The maximum Gasteiger partial charge on any atom is 0.261 e. The molecule has 0 unspecified atom stereocenters. The zero-order chi connectivity index (χ0) is 12.3. The summed E-state index contributed by atoms with van der Waals surface area (Å²) in [6.07, 6.45) is 3.64. The van der Waals surface area contributed by atoms with E-state index >= 15 is 0 Å². The highest BCUT2D eigenvalue weighted by Crippen LogP contribution is 2.13. The fourth-order valence-corrected chi connectivity index (χ4v) is 1.42. The number of aromatic nitrogens is 3. The summed E-state index contributed by atoms with van der Waals surface area (Å²) in [6, 6.07) is 2.88. The predicted molar refractivity (Wildman–Crippen MR) is 60.1 cm³/mol. The quantitative estimate of drug-likeness (QED) is 0.795. The molecule has 2 N–H and O–H groups in total. The van der Waals surface area contributed by atoms with E-state index in [1.807, 2.05) is 6.92 Å². The largest absolute Gasteiger partial charge is 0.307 e. The summed E-state index contributed by atoms with van der Waals surface area (Å²) in [6.45, 7) is 1.94. The predicted octanol–water partition coefficient (Wildman–Crippen LogP) is 1.76. The van der Waals surface area contributed by atoms with Crippen LogP contribution in [-0.4, -0.2) is 21.1 Å². The summed E-state index contributed by atoms with van der Waals surface area (Å²) in [5, 5.41) is 9.03. The first kappa shape index (κ1) is 11.3. The van der Waals surface area contributed by atoms with Crippen LogP contribution in [0.3, 0.4) is 0 Å². The van der Waals surface area contributed by atoms with Crippen molar-refractivity contribution < 1.29 is 9.18 Å². The number of carbonyl (C=O) groups excluding carboxylic acids is 1. The molecule has 0 saturated carbocycles. The summed E-state index contributed by atoms with van der Waals surface area (Å²) < 4.78 is 13.3. The third-order valence-electron chi connectivity index (χ3n) is 2.34. The molecule has 2 heterocycles. The summed E-state index contributed by atoms with van der Waals surface area (Å²) in [5.41, 5.74) is 0.770. The average Bonchev–Trinajstić information content (AvgIpc) is 2.76. The van der Waals surface area contributed by atoms with E-state index in [0.717, 1.165) is 12.0 Å². The second kappa shape index (κ2) is 4.73. The molecule has 0 aliphatic heterocycles. The minimum atomic E-state index is -0.789. The number of amides is 1. The molecule has 2 aromatic rings. The van der Waals surface area contributed by atoms with Crippen LogP contribution in [0, 0.1) is 5.95 Å². The molecule has 6 heteroatoms. The van der Waals surface area contributed by atoms with Crippen molar-refractivity contribution in [2.24, 2.45) is 0 Å². The van der Waals surface area contributed by atoms with Gasteiger partial charge in [0.05, 0.1) is 11.8 Å². The summed E-state index contributed by atoms with van der Waals surface area (Å²) in [5.74, 6) is -0.849. The molecule has 88 valence electrons. The van der Waals surface area contributed by atoms with Crippen LogP contribution in [0.5, 0.6) is 0 Å². The van der Waals surface area contributed by atoms with Gasteiger partial charge in [0.2, 0.25) is 5.95 Å². The van der Waals surface area contributed by atoms with Gasteiger partial charge in [0.25, 0.3) is 5.91 Å². The molecule has 0 aliphatic carbocycles. The van der Waals surface area contributed by atoms with Crippen molar-refractivity contribution in [1.82, 2.24) is 15.2 Å². The lowest BCUT2D eigenvalue weighted by Gasteiger charge is -2.04. The van der Waals surface area contributed by atoms with E-state index in [2.05, 4.69) is 20.5 Å². The number of hydrogen-bond donors (Lipinski definition) is 2. The Kier molecular flexibility index (Phi) is 3.13. The van der Waals surface area contributed by atoms with Crippen molar-refractivity contribution in [3.63, 3.8) is 0 Å². The molecule has 0 bridgehead atoms. The normalized spacial score (nSPS) is 10.2. The van der Waals surface area contributed by atoms with Crippen LogP contribution in [0.4, 0.5) is 10.2 Å². The second-order valence-electron chi connectivity index (χ2n) is 3.42. The maximum atomic E-state index is 13.3. The topological polar surface area (TPSA) is 70.7 Å². The van der Waals surface area contributed by atoms with Gasteiger partial charge in [-0.15, -0.1) is 0 Å². The Bertz CT molecular complexity index is 538. The summed E-state index contributed by atoms with van der Waals surface area (Å²) >= 11 is 0. The highest BCUT2D eigenvalue weighted by atomic mass is 19.1. The molecule has 0 saturated heterocycles. The van der Waals surface area contributed by atoms with Gasteiger partial charge in [0.1, 0.15) is 5.82 Å². The highest BCUT2D eigenvalue weighted by Gasteiger charge is 2.14. The van der Waals surface area contributed by atoms with Crippen LogP contribution in [0.1, 0.15) is 22.8 Å². The minimum Gasteiger partial charge on any atom is -0.307 e. The Balaban J connectivity index is 2.20. The van der Waals surface area contributed by atoms with E-state index in [1.165, 1.54) is 18.3 Å². The van der Waals surface area contributed by atoms with Crippen molar-refractivity contribution in [3.8, 4) is 0 Å². The molecule has 1 amide bonds. The molecular formula is C11H11FN4O. The molecule has 2 aromatic heterocycles. The van der Waals surface area contributed by atoms with Crippen LogP contribution in [0.2, 0.25) is 0 Å². The SMILES string of the molecule is CCc1cn[nH]c1NC(=O)c1cccnc1F. The van der Waals surface area contributed by atoms with E-state index < -0.39 is 11.9 Å². The van der Waals surface area contributed by atoms with E-state index in [4.69, 9.17) is 0 Å². The fourth-order valence-electron chi connectivity index (χ4n) is 1.42. The van der Waals surface area contributed by atoms with Crippen molar-refractivity contribution in [2.75, 3.05) is 5.32 Å². The zero-order valence-corrected chi connectivity index (χ0v) is 9.20. The number of hydrogen-bond acceptors (Lipinski definition) is 3. The van der Waals surface area contributed by atoms with Gasteiger partial charge in [-0.05, 0) is 18.6 Å². The first-order chi connectivity index (χ1) is 8.22. The number of halogens is 1. The van der Waals surface area contributed by atoms with Gasteiger partial charge in [-0.3, -0.25) is 9.89 Å².